The van der Waals surface area contributed by atoms with E-state index in [4.69, 9.17) is 22.7 Å². The highest BCUT2D eigenvalue weighted by atomic mass is 32.1. The first-order valence-corrected chi connectivity index (χ1v) is 5.42. The highest BCUT2D eigenvalue weighted by Gasteiger charge is 2.11. The van der Waals surface area contributed by atoms with Crippen LogP contribution in [0, 0.1) is 5.82 Å². The Morgan fingerprint density at radius 1 is 1.38 bits per heavy atom. The van der Waals surface area contributed by atoms with Crippen LogP contribution >= 0.6 is 12.2 Å². The molecule has 2 nitrogen and oxygen atoms in total. The van der Waals surface area contributed by atoms with E-state index in [1.165, 1.54) is 12.1 Å². The summed E-state index contributed by atoms with van der Waals surface area (Å²) in [4.78, 5) is 0.191. The van der Waals surface area contributed by atoms with Crippen molar-refractivity contribution in [3.05, 3.63) is 35.1 Å². The molecular weight excluding hydrogens is 225 g/mol. The van der Waals surface area contributed by atoms with E-state index in [1.807, 2.05) is 20.8 Å². The highest BCUT2D eigenvalue weighted by Crippen LogP contribution is 2.14. The second-order valence-electron chi connectivity index (χ2n) is 4.61. The molecule has 0 spiro atoms. The third kappa shape index (κ3) is 4.24. The predicted molar refractivity (Wildman–Crippen MR) is 66.8 cm³/mol. The van der Waals surface area contributed by atoms with Crippen LogP contribution in [-0.2, 0) is 11.3 Å². The fraction of sp³-hybridized carbons (Fsp3) is 0.417. The molecule has 0 bridgehead atoms. The van der Waals surface area contributed by atoms with Crippen molar-refractivity contribution in [1.82, 2.24) is 0 Å². The molecule has 0 heterocycles. The van der Waals surface area contributed by atoms with Crippen molar-refractivity contribution in [1.29, 1.82) is 0 Å². The predicted octanol–water partition coefficient (Wildman–Crippen LogP) is 2.78. The number of halogens is 1. The molecule has 0 atom stereocenters. The SMILES string of the molecule is CC(C)(C)OCc1cc(F)cc(C(N)=S)c1. The minimum Gasteiger partial charge on any atom is -0.389 e. The van der Waals surface area contributed by atoms with Crippen LogP contribution in [0.1, 0.15) is 31.9 Å². The molecule has 2 N–H and O–H groups in total. The van der Waals surface area contributed by atoms with Gasteiger partial charge in [0, 0.05) is 5.56 Å². The minimum atomic E-state index is -0.349. The molecule has 16 heavy (non-hydrogen) atoms. The Hall–Kier alpha value is -1.00. The van der Waals surface area contributed by atoms with Crippen LogP contribution in [0.25, 0.3) is 0 Å². The summed E-state index contributed by atoms with van der Waals surface area (Å²) in [6.45, 7) is 6.18. The van der Waals surface area contributed by atoms with E-state index in [0.29, 0.717) is 12.2 Å². The second-order valence-corrected chi connectivity index (χ2v) is 5.05. The Morgan fingerprint density at radius 2 is 2.00 bits per heavy atom. The van der Waals surface area contributed by atoms with Gasteiger partial charge in [0.2, 0.25) is 0 Å². The first-order valence-electron chi connectivity index (χ1n) is 5.01. The van der Waals surface area contributed by atoms with Crippen LogP contribution < -0.4 is 5.73 Å². The maximum Gasteiger partial charge on any atom is 0.124 e. The van der Waals surface area contributed by atoms with Gasteiger partial charge in [-0.15, -0.1) is 0 Å². The summed E-state index contributed by atoms with van der Waals surface area (Å²) in [5, 5.41) is 0. The third-order valence-electron chi connectivity index (χ3n) is 1.91. The van der Waals surface area contributed by atoms with Gasteiger partial charge < -0.3 is 10.5 Å². The molecule has 0 unspecified atom stereocenters. The molecule has 0 aliphatic heterocycles. The molecule has 0 saturated heterocycles. The Bertz CT molecular complexity index is 398. The zero-order valence-corrected chi connectivity index (χ0v) is 10.5. The van der Waals surface area contributed by atoms with Gasteiger partial charge in [-0.25, -0.2) is 4.39 Å². The average molecular weight is 241 g/mol. The number of benzene rings is 1. The lowest BCUT2D eigenvalue weighted by atomic mass is 10.1. The summed E-state index contributed by atoms with van der Waals surface area (Å²) in [5.74, 6) is -0.349. The van der Waals surface area contributed by atoms with Crippen LogP contribution in [0.4, 0.5) is 4.39 Å². The van der Waals surface area contributed by atoms with E-state index < -0.39 is 0 Å². The Morgan fingerprint density at radius 3 is 2.50 bits per heavy atom. The largest absolute Gasteiger partial charge is 0.389 e. The molecule has 1 aromatic rings. The summed E-state index contributed by atoms with van der Waals surface area (Å²) in [6.07, 6.45) is 0. The van der Waals surface area contributed by atoms with Crippen molar-refractivity contribution < 1.29 is 9.13 Å². The van der Waals surface area contributed by atoms with Crippen molar-refractivity contribution >= 4 is 17.2 Å². The van der Waals surface area contributed by atoms with E-state index in [-0.39, 0.29) is 16.4 Å². The second kappa shape index (κ2) is 4.89. The van der Waals surface area contributed by atoms with Crippen LogP contribution in [0.3, 0.4) is 0 Å². The van der Waals surface area contributed by atoms with Gasteiger partial charge in [-0.05, 0) is 44.5 Å². The maximum atomic E-state index is 13.2. The van der Waals surface area contributed by atoms with Gasteiger partial charge in [-0.1, -0.05) is 12.2 Å². The molecule has 0 aliphatic carbocycles. The van der Waals surface area contributed by atoms with Crippen LogP contribution in [-0.4, -0.2) is 10.6 Å². The number of thiocarbonyl (C=S) groups is 1. The lowest BCUT2D eigenvalue weighted by molar-refractivity contribution is -0.0150. The Balaban J connectivity index is 2.85. The van der Waals surface area contributed by atoms with E-state index in [2.05, 4.69) is 0 Å². The van der Waals surface area contributed by atoms with Crippen LogP contribution in [0.5, 0.6) is 0 Å². The molecule has 0 radical (unpaired) electrons. The van der Waals surface area contributed by atoms with Gasteiger partial charge in [0.25, 0.3) is 0 Å². The molecule has 88 valence electrons. The van der Waals surface area contributed by atoms with Crippen LogP contribution in [0.15, 0.2) is 18.2 Å². The maximum absolute atomic E-state index is 13.2. The van der Waals surface area contributed by atoms with Crippen LogP contribution in [0.2, 0.25) is 0 Å². The van der Waals surface area contributed by atoms with E-state index >= 15 is 0 Å². The highest BCUT2D eigenvalue weighted by molar-refractivity contribution is 7.80. The lowest BCUT2D eigenvalue weighted by Crippen LogP contribution is -2.19. The average Bonchev–Trinajstić information content (AvgIpc) is 2.13. The van der Waals surface area contributed by atoms with Crippen molar-refractivity contribution in [3.8, 4) is 0 Å². The standard InChI is InChI=1S/C12H16FNOS/c1-12(2,3)15-7-8-4-9(11(14)16)6-10(13)5-8/h4-6H,7H2,1-3H3,(H2,14,16). The first-order chi connectivity index (χ1) is 7.28. The lowest BCUT2D eigenvalue weighted by Gasteiger charge is -2.19. The molecule has 0 aliphatic rings. The number of ether oxygens (including phenoxy) is 1. The molecule has 1 rings (SSSR count). The fourth-order valence-corrected chi connectivity index (χ4v) is 1.29. The molecule has 1 aromatic carbocycles. The van der Waals surface area contributed by atoms with Gasteiger partial charge in [0.15, 0.2) is 0 Å². The summed E-state index contributed by atoms with van der Waals surface area (Å²) in [7, 11) is 0. The molecule has 0 amide bonds. The van der Waals surface area contributed by atoms with Gasteiger partial charge in [-0.3, -0.25) is 0 Å². The molecule has 4 heteroatoms. The topological polar surface area (TPSA) is 35.2 Å². The quantitative estimate of drug-likeness (QED) is 0.826. The number of hydrogen-bond donors (Lipinski definition) is 1. The monoisotopic (exact) mass is 241 g/mol. The Labute approximate surface area is 101 Å². The number of rotatable bonds is 3. The summed E-state index contributed by atoms with van der Waals surface area (Å²) in [5.41, 5.74) is 6.47. The molecule has 0 aromatic heterocycles. The van der Waals surface area contributed by atoms with Crippen molar-refractivity contribution in [2.24, 2.45) is 5.73 Å². The molecule has 0 fully saturated rings. The van der Waals surface area contributed by atoms with Crippen molar-refractivity contribution in [3.63, 3.8) is 0 Å². The normalized spacial score (nSPS) is 11.5. The molecule has 0 saturated carbocycles. The smallest absolute Gasteiger partial charge is 0.124 e. The number of nitrogens with two attached hydrogens (primary N) is 1. The van der Waals surface area contributed by atoms with E-state index in [9.17, 15) is 4.39 Å². The zero-order chi connectivity index (χ0) is 12.3. The fourth-order valence-electron chi connectivity index (χ4n) is 1.18. The Kier molecular flexibility index (Phi) is 3.99. The summed E-state index contributed by atoms with van der Waals surface area (Å²) < 4.78 is 18.8. The first kappa shape index (κ1) is 13.1. The van der Waals surface area contributed by atoms with E-state index in [0.717, 1.165) is 5.56 Å². The van der Waals surface area contributed by atoms with Crippen molar-refractivity contribution in [2.75, 3.05) is 0 Å². The van der Waals surface area contributed by atoms with Gasteiger partial charge in [-0.2, -0.15) is 0 Å². The third-order valence-corrected chi connectivity index (χ3v) is 2.15. The number of hydrogen-bond acceptors (Lipinski definition) is 2. The van der Waals surface area contributed by atoms with Gasteiger partial charge in [0.1, 0.15) is 10.8 Å². The summed E-state index contributed by atoms with van der Waals surface area (Å²) >= 11 is 4.81. The van der Waals surface area contributed by atoms with Gasteiger partial charge >= 0.3 is 0 Å². The zero-order valence-electron chi connectivity index (χ0n) is 9.71. The molecular formula is C12H16FNOS. The van der Waals surface area contributed by atoms with E-state index in [1.54, 1.807) is 6.07 Å². The van der Waals surface area contributed by atoms with Gasteiger partial charge in [0.05, 0.1) is 12.2 Å². The minimum absolute atomic E-state index is 0.191. The van der Waals surface area contributed by atoms with Crippen molar-refractivity contribution in [2.45, 2.75) is 33.0 Å². The summed E-state index contributed by atoms with van der Waals surface area (Å²) in [6, 6.07) is 4.49.